The minimum absolute atomic E-state index is 0.0493. The van der Waals surface area contributed by atoms with Gasteiger partial charge in [-0.1, -0.05) is 12.8 Å². The van der Waals surface area contributed by atoms with Gasteiger partial charge in [0, 0.05) is 37.9 Å². The van der Waals surface area contributed by atoms with Crippen molar-refractivity contribution >= 4 is 0 Å². The third-order valence-corrected chi connectivity index (χ3v) is 4.48. The average Bonchev–Trinajstić information content (AvgIpc) is 2.40. The summed E-state index contributed by atoms with van der Waals surface area (Å²) in [4.78, 5) is 0. The molecule has 2 atom stereocenters. The Hall–Kier alpha value is -0.160. The van der Waals surface area contributed by atoms with E-state index in [1.165, 1.54) is 19.3 Å². The normalized spacial score (nSPS) is 33.5. The van der Waals surface area contributed by atoms with Gasteiger partial charge in [0.15, 0.2) is 0 Å². The highest BCUT2D eigenvalue weighted by molar-refractivity contribution is 4.96. The molecule has 1 aliphatic carbocycles. The molecular formula is C13H26N2O2. The van der Waals surface area contributed by atoms with Crippen molar-refractivity contribution < 1.29 is 9.84 Å². The Morgan fingerprint density at radius 1 is 1.24 bits per heavy atom. The van der Waals surface area contributed by atoms with E-state index in [4.69, 9.17) is 10.5 Å². The minimum Gasteiger partial charge on any atom is -0.396 e. The van der Waals surface area contributed by atoms with E-state index in [1.54, 1.807) is 0 Å². The second-order valence-corrected chi connectivity index (χ2v) is 5.57. The number of hydrogen-bond acceptors (Lipinski definition) is 4. The molecule has 4 nitrogen and oxygen atoms in total. The van der Waals surface area contributed by atoms with Gasteiger partial charge in [-0.2, -0.15) is 0 Å². The molecule has 0 spiro atoms. The molecular weight excluding hydrogens is 216 g/mol. The third-order valence-electron chi connectivity index (χ3n) is 4.48. The summed E-state index contributed by atoms with van der Waals surface area (Å²) in [5.41, 5.74) is 6.01. The molecule has 2 aliphatic rings. The highest BCUT2D eigenvalue weighted by atomic mass is 16.5. The zero-order valence-electron chi connectivity index (χ0n) is 10.7. The van der Waals surface area contributed by atoms with Crippen LogP contribution in [0.1, 0.15) is 38.5 Å². The molecule has 0 aromatic heterocycles. The van der Waals surface area contributed by atoms with Crippen LogP contribution in [0.15, 0.2) is 0 Å². The number of aliphatic hydroxyl groups excluding tert-OH is 1. The molecule has 2 fully saturated rings. The Balaban J connectivity index is 1.96. The predicted octanol–water partition coefficient (Wildman–Crippen LogP) is 0.635. The molecule has 1 saturated carbocycles. The highest BCUT2D eigenvalue weighted by Gasteiger charge is 2.36. The van der Waals surface area contributed by atoms with E-state index in [0.717, 1.165) is 32.5 Å². The van der Waals surface area contributed by atoms with Crippen molar-refractivity contribution in [3.05, 3.63) is 0 Å². The van der Waals surface area contributed by atoms with Crippen molar-refractivity contribution in [2.75, 3.05) is 26.4 Å². The number of nitrogens with two attached hydrogens (primary N) is 1. The minimum atomic E-state index is 0.0493. The molecule has 0 aromatic rings. The molecule has 17 heavy (non-hydrogen) atoms. The molecule has 100 valence electrons. The van der Waals surface area contributed by atoms with E-state index >= 15 is 0 Å². The van der Waals surface area contributed by atoms with E-state index in [-0.39, 0.29) is 5.54 Å². The van der Waals surface area contributed by atoms with Crippen molar-refractivity contribution in [2.24, 2.45) is 11.7 Å². The van der Waals surface area contributed by atoms with Gasteiger partial charge in [-0.15, -0.1) is 0 Å². The number of rotatable bonds is 4. The fourth-order valence-electron chi connectivity index (χ4n) is 3.18. The van der Waals surface area contributed by atoms with Gasteiger partial charge in [0.25, 0.3) is 0 Å². The highest BCUT2D eigenvalue weighted by Crippen LogP contribution is 2.28. The molecule has 1 saturated heterocycles. The van der Waals surface area contributed by atoms with Gasteiger partial charge in [-0.3, -0.25) is 0 Å². The maximum atomic E-state index is 9.45. The summed E-state index contributed by atoms with van der Waals surface area (Å²) in [7, 11) is 0. The van der Waals surface area contributed by atoms with Crippen LogP contribution in [0.4, 0.5) is 0 Å². The van der Waals surface area contributed by atoms with Crippen LogP contribution in [-0.2, 0) is 4.74 Å². The Bertz CT molecular complexity index is 229. The predicted molar refractivity (Wildman–Crippen MR) is 67.8 cm³/mol. The van der Waals surface area contributed by atoms with E-state index in [0.29, 0.717) is 25.1 Å². The van der Waals surface area contributed by atoms with Crippen LogP contribution in [0.3, 0.4) is 0 Å². The Labute approximate surface area is 104 Å². The fraction of sp³-hybridized carbons (Fsp3) is 1.00. The average molecular weight is 242 g/mol. The van der Waals surface area contributed by atoms with Gasteiger partial charge < -0.3 is 20.9 Å². The second kappa shape index (κ2) is 6.14. The molecule has 0 radical (unpaired) electrons. The number of hydrogen-bond donors (Lipinski definition) is 3. The van der Waals surface area contributed by atoms with E-state index < -0.39 is 0 Å². The quantitative estimate of drug-likeness (QED) is 0.676. The maximum Gasteiger partial charge on any atom is 0.0484 e. The largest absolute Gasteiger partial charge is 0.396 e. The molecule has 1 aliphatic heterocycles. The molecule has 0 bridgehead atoms. The molecule has 2 unspecified atom stereocenters. The zero-order valence-corrected chi connectivity index (χ0v) is 10.7. The maximum absolute atomic E-state index is 9.45. The standard InChI is InChI=1S/C13H26N2O2/c14-10-13(5-7-17-8-6-13)15-12-4-2-1-3-11(12)9-16/h11-12,15-16H,1-10,14H2. The lowest BCUT2D eigenvalue weighted by molar-refractivity contribution is 0.0253. The molecule has 0 amide bonds. The molecule has 4 N–H and O–H groups in total. The summed E-state index contributed by atoms with van der Waals surface area (Å²) in [5, 5.41) is 13.2. The van der Waals surface area contributed by atoms with Crippen LogP contribution in [0.25, 0.3) is 0 Å². The monoisotopic (exact) mass is 242 g/mol. The van der Waals surface area contributed by atoms with Gasteiger partial charge in [-0.25, -0.2) is 0 Å². The summed E-state index contributed by atoms with van der Waals surface area (Å²) >= 11 is 0. The van der Waals surface area contributed by atoms with Crippen LogP contribution in [0.2, 0.25) is 0 Å². The summed E-state index contributed by atoms with van der Waals surface area (Å²) in [5.74, 6) is 0.412. The lowest BCUT2D eigenvalue weighted by atomic mass is 9.81. The second-order valence-electron chi connectivity index (χ2n) is 5.57. The third kappa shape index (κ3) is 3.19. The van der Waals surface area contributed by atoms with Crippen molar-refractivity contribution in [1.29, 1.82) is 0 Å². The van der Waals surface area contributed by atoms with Crippen molar-refractivity contribution in [1.82, 2.24) is 5.32 Å². The first kappa shape index (κ1) is 13.3. The van der Waals surface area contributed by atoms with Crippen LogP contribution in [0.5, 0.6) is 0 Å². The topological polar surface area (TPSA) is 67.5 Å². The Morgan fingerprint density at radius 2 is 1.94 bits per heavy atom. The van der Waals surface area contributed by atoms with Crippen LogP contribution in [-0.4, -0.2) is 43.1 Å². The zero-order chi connectivity index (χ0) is 12.1. The van der Waals surface area contributed by atoms with Crippen molar-refractivity contribution in [3.8, 4) is 0 Å². The van der Waals surface area contributed by atoms with Gasteiger partial charge in [0.1, 0.15) is 0 Å². The first-order valence-corrected chi connectivity index (χ1v) is 6.96. The van der Waals surface area contributed by atoms with Gasteiger partial charge in [0.2, 0.25) is 0 Å². The van der Waals surface area contributed by atoms with Gasteiger partial charge in [-0.05, 0) is 31.6 Å². The fourth-order valence-corrected chi connectivity index (χ4v) is 3.18. The Kier molecular flexibility index (Phi) is 4.79. The van der Waals surface area contributed by atoms with Gasteiger partial charge >= 0.3 is 0 Å². The van der Waals surface area contributed by atoms with Crippen LogP contribution < -0.4 is 11.1 Å². The molecule has 1 heterocycles. The van der Waals surface area contributed by atoms with Crippen LogP contribution in [0, 0.1) is 5.92 Å². The van der Waals surface area contributed by atoms with E-state index in [9.17, 15) is 5.11 Å². The lowest BCUT2D eigenvalue weighted by Gasteiger charge is -2.43. The lowest BCUT2D eigenvalue weighted by Crippen LogP contribution is -2.60. The Morgan fingerprint density at radius 3 is 2.59 bits per heavy atom. The number of nitrogens with one attached hydrogen (secondary N) is 1. The molecule has 2 rings (SSSR count). The smallest absolute Gasteiger partial charge is 0.0484 e. The van der Waals surface area contributed by atoms with E-state index in [1.807, 2.05) is 0 Å². The summed E-state index contributed by atoms with van der Waals surface area (Å²) < 4.78 is 5.42. The van der Waals surface area contributed by atoms with E-state index in [2.05, 4.69) is 5.32 Å². The summed E-state index contributed by atoms with van der Waals surface area (Å²) in [6.07, 6.45) is 6.84. The molecule has 4 heteroatoms. The first-order chi connectivity index (χ1) is 8.29. The first-order valence-electron chi connectivity index (χ1n) is 6.96. The number of ether oxygens (including phenoxy) is 1. The SMILES string of the molecule is NCC1(NC2CCCCC2CO)CCOCC1. The van der Waals surface area contributed by atoms with Crippen molar-refractivity contribution in [3.63, 3.8) is 0 Å². The van der Waals surface area contributed by atoms with Crippen molar-refractivity contribution in [2.45, 2.75) is 50.1 Å². The number of aliphatic hydroxyl groups is 1. The van der Waals surface area contributed by atoms with Gasteiger partial charge in [0.05, 0.1) is 0 Å². The van der Waals surface area contributed by atoms with Crippen LogP contribution >= 0.6 is 0 Å². The molecule has 0 aromatic carbocycles. The summed E-state index contributed by atoms with van der Waals surface area (Å²) in [6, 6.07) is 0.440. The summed E-state index contributed by atoms with van der Waals surface area (Å²) in [6.45, 7) is 2.58.